The lowest BCUT2D eigenvalue weighted by Crippen LogP contribution is -2.18. The maximum absolute atomic E-state index is 13.9. The quantitative estimate of drug-likeness (QED) is 0.0812. The Morgan fingerprint density at radius 3 is 2.59 bits per heavy atom. The van der Waals surface area contributed by atoms with E-state index in [1.54, 1.807) is 24.3 Å². The predicted octanol–water partition coefficient (Wildman–Crippen LogP) is 7.15. The SMILES string of the molecule is COc1cccc2c1cc([N+](=O)[O-])c1c(C(=O)O[C@H]3C=C(C=O)CCC=C(C)CCC=C(C)C3)cc3c(c12)OCO3. The monoisotopic (exact) mass is 557 g/mol. The minimum Gasteiger partial charge on any atom is -0.496 e. The van der Waals surface area contributed by atoms with Crippen molar-refractivity contribution in [2.24, 2.45) is 0 Å². The molecule has 9 heteroatoms. The molecule has 0 amide bonds. The molecule has 9 nitrogen and oxygen atoms in total. The van der Waals surface area contributed by atoms with Gasteiger partial charge in [0.05, 0.1) is 23.0 Å². The van der Waals surface area contributed by atoms with E-state index in [4.69, 9.17) is 18.9 Å². The zero-order chi connectivity index (χ0) is 29.1. The fourth-order valence-corrected chi connectivity index (χ4v) is 5.46. The number of aldehydes is 1. The number of nitro groups is 1. The summed E-state index contributed by atoms with van der Waals surface area (Å²) in [6.07, 6.45) is 9.32. The number of nitrogens with zero attached hydrogens (tertiary/aromatic N) is 1. The molecular formula is C32H31NO8. The van der Waals surface area contributed by atoms with Gasteiger partial charge in [-0.25, -0.2) is 4.79 Å². The first-order valence-corrected chi connectivity index (χ1v) is 13.5. The van der Waals surface area contributed by atoms with Crippen LogP contribution < -0.4 is 14.2 Å². The van der Waals surface area contributed by atoms with Crippen LogP contribution in [0.2, 0.25) is 0 Å². The van der Waals surface area contributed by atoms with Crippen LogP contribution in [0.4, 0.5) is 5.69 Å². The highest BCUT2D eigenvalue weighted by Crippen LogP contribution is 2.49. The summed E-state index contributed by atoms with van der Waals surface area (Å²) in [7, 11) is 1.49. The van der Waals surface area contributed by atoms with Gasteiger partial charge < -0.3 is 18.9 Å². The second-order valence-corrected chi connectivity index (χ2v) is 10.3. The number of rotatable bonds is 5. The molecule has 0 bridgehead atoms. The predicted molar refractivity (Wildman–Crippen MR) is 155 cm³/mol. The van der Waals surface area contributed by atoms with E-state index in [0.717, 1.165) is 24.7 Å². The number of non-ortho nitro benzene ring substituents is 1. The first-order chi connectivity index (χ1) is 19.8. The van der Waals surface area contributed by atoms with Gasteiger partial charge in [-0.05, 0) is 68.7 Å². The highest BCUT2D eigenvalue weighted by molar-refractivity contribution is 6.22. The fraction of sp³-hybridized carbons (Fsp3) is 0.312. The summed E-state index contributed by atoms with van der Waals surface area (Å²) >= 11 is 0. The van der Waals surface area contributed by atoms with Crippen molar-refractivity contribution in [1.29, 1.82) is 0 Å². The van der Waals surface area contributed by atoms with Crippen molar-refractivity contribution in [3.8, 4) is 17.2 Å². The minimum atomic E-state index is -0.763. The summed E-state index contributed by atoms with van der Waals surface area (Å²) in [6, 6.07) is 8.10. The highest BCUT2D eigenvalue weighted by Gasteiger charge is 2.31. The lowest BCUT2D eigenvalue weighted by molar-refractivity contribution is -0.383. The number of esters is 1. The van der Waals surface area contributed by atoms with E-state index in [-0.39, 0.29) is 29.2 Å². The molecule has 5 rings (SSSR count). The van der Waals surface area contributed by atoms with Gasteiger partial charge in [-0.1, -0.05) is 35.4 Å². The Bertz CT molecular complexity index is 1650. The largest absolute Gasteiger partial charge is 0.496 e. The molecule has 212 valence electrons. The molecule has 0 aromatic heterocycles. The summed E-state index contributed by atoms with van der Waals surface area (Å²) in [5, 5.41) is 13.9. The van der Waals surface area contributed by atoms with Gasteiger partial charge >= 0.3 is 5.97 Å². The number of benzene rings is 3. The summed E-state index contributed by atoms with van der Waals surface area (Å²) in [6.45, 7) is 3.95. The standard InChI is InChI=1S/C32H31NO8/c1-19-7-4-9-20(2)13-22(14-21(17-34)10-5-8-19)41-32(35)25-16-28-31(40-18-39-28)30-23-11-6-12-27(38-3)24(23)15-26(29(25)30)33(36)37/h6,8-9,11-12,14-17,22H,4-5,7,10,13,18H2,1-3H3/t22-/m1/s1. The van der Waals surface area contributed by atoms with Gasteiger partial charge in [0.25, 0.3) is 5.69 Å². The Morgan fingerprint density at radius 1 is 1.05 bits per heavy atom. The first kappa shape index (κ1) is 27.9. The number of carbonyl (C=O) groups excluding carboxylic acids is 2. The van der Waals surface area contributed by atoms with E-state index < -0.39 is 17.0 Å². The number of methoxy groups -OCH3 is 1. The molecule has 1 atom stereocenters. The first-order valence-electron chi connectivity index (χ1n) is 13.5. The number of allylic oxidation sites excluding steroid dienone is 4. The van der Waals surface area contributed by atoms with Crippen LogP contribution in [0.5, 0.6) is 17.2 Å². The molecule has 0 spiro atoms. The van der Waals surface area contributed by atoms with Crippen molar-refractivity contribution in [3.63, 3.8) is 0 Å². The third-order valence-electron chi connectivity index (χ3n) is 7.46. The van der Waals surface area contributed by atoms with Crippen LogP contribution in [0.15, 0.2) is 65.3 Å². The van der Waals surface area contributed by atoms with Gasteiger partial charge in [0.1, 0.15) is 18.1 Å². The Morgan fingerprint density at radius 2 is 1.83 bits per heavy atom. The second-order valence-electron chi connectivity index (χ2n) is 10.3. The number of ether oxygens (including phenoxy) is 4. The Kier molecular flexibility index (Phi) is 8.05. The van der Waals surface area contributed by atoms with Crippen molar-refractivity contribution >= 4 is 39.5 Å². The van der Waals surface area contributed by atoms with Crippen molar-refractivity contribution in [3.05, 3.63) is 81.0 Å². The number of carbonyl (C=O) groups is 2. The van der Waals surface area contributed by atoms with Gasteiger partial charge in [0.2, 0.25) is 6.79 Å². The summed E-state index contributed by atoms with van der Waals surface area (Å²) in [4.78, 5) is 37.6. The van der Waals surface area contributed by atoms with Crippen molar-refractivity contribution in [1.82, 2.24) is 0 Å². The minimum absolute atomic E-state index is 0.0203. The Labute approximate surface area is 237 Å². The molecule has 0 N–H and O–H groups in total. The van der Waals surface area contributed by atoms with Gasteiger partial charge in [-0.2, -0.15) is 0 Å². The number of fused-ring (bicyclic) bond motifs is 5. The van der Waals surface area contributed by atoms with E-state index in [0.29, 0.717) is 52.5 Å². The third-order valence-corrected chi connectivity index (χ3v) is 7.46. The van der Waals surface area contributed by atoms with Gasteiger partial charge in [0, 0.05) is 23.3 Å². The lowest BCUT2D eigenvalue weighted by Gasteiger charge is -2.18. The molecular weight excluding hydrogens is 526 g/mol. The zero-order valence-electron chi connectivity index (χ0n) is 23.2. The molecule has 3 aromatic carbocycles. The maximum Gasteiger partial charge on any atom is 0.339 e. The number of nitro benzene ring substituents is 1. The summed E-state index contributed by atoms with van der Waals surface area (Å²) in [5.74, 6) is 0.283. The molecule has 1 heterocycles. The fourth-order valence-electron chi connectivity index (χ4n) is 5.46. The van der Waals surface area contributed by atoms with Crippen LogP contribution in [-0.4, -0.2) is 37.2 Å². The van der Waals surface area contributed by atoms with E-state index in [1.165, 1.54) is 24.8 Å². The number of hydrogen-bond donors (Lipinski definition) is 0. The van der Waals surface area contributed by atoms with E-state index in [2.05, 4.69) is 19.1 Å². The van der Waals surface area contributed by atoms with Crippen LogP contribution in [0, 0.1) is 10.1 Å². The Hall–Kier alpha value is -4.66. The highest BCUT2D eigenvalue weighted by atomic mass is 16.7. The molecule has 41 heavy (non-hydrogen) atoms. The van der Waals surface area contributed by atoms with E-state index in [9.17, 15) is 19.7 Å². The van der Waals surface area contributed by atoms with Gasteiger partial charge in [-0.3, -0.25) is 14.9 Å². The van der Waals surface area contributed by atoms with Crippen LogP contribution in [-0.2, 0) is 9.53 Å². The van der Waals surface area contributed by atoms with Gasteiger partial charge in [0.15, 0.2) is 11.5 Å². The number of hydrogen-bond acceptors (Lipinski definition) is 8. The molecule has 0 fully saturated rings. The molecule has 1 aliphatic heterocycles. The van der Waals surface area contributed by atoms with E-state index >= 15 is 0 Å². The molecule has 0 saturated carbocycles. The maximum atomic E-state index is 13.9. The Balaban J connectivity index is 1.66. The van der Waals surface area contributed by atoms with Crippen molar-refractivity contribution in [2.75, 3.05) is 13.9 Å². The second kappa shape index (κ2) is 11.8. The molecule has 3 aromatic rings. The summed E-state index contributed by atoms with van der Waals surface area (Å²) < 4.78 is 22.8. The molecule has 0 radical (unpaired) electrons. The van der Waals surface area contributed by atoms with Crippen LogP contribution >= 0.6 is 0 Å². The molecule has 0 saturated heterocycles. The van der Waals surface area contributed by atoms with Gasteiger partial charge in [-0.15, -0.1) is 0 Å². The van der Waals surface area contributed by atoms with Crippen LogP contribution in [0.25, 0.3) is 21.5 Å². The third kappa shape index (κ3) is 5.66. The lowest BCUT2D eigenvalue weighted by atomic mass is 9.94. The topological polar surface area (TPSA) is 114 Å². The molecule has 0 unspecified atom stereocenters. The van der Waals surface area contributed by atoms with E-state index in [1.807, 2.05) is 6.92 Å². The van der Waals surface area contributed by atoms with Crippen LogP contribution in [0.1, 0.15) is 56.3 Å². The smallest absolute Gasteiger partial charge is 0.339 e. The van der Waals surface area contributed by atoms with Crippen molar-refractivity contribution < 1.29 is 33.5 Å². The normalized spacial score (nSPS) is 17.5. The molecule has 2 aliphatic rings. The summed E-state index contributed by atoms with van der Waals surface area (Å²) in [5.41, 5.74) is 2.50. The average molecular weight is 558 g/mol. The zero-order valence-corrected chi connectivity index (χ0v) is 23.2. The van der Waals surface area contributed by atoms with Crippen molar-refractivity contribution in [2.45, 2.75) is 52.1 Å². The average Bonchev–Trinajstić information content (AvgIpc) is 3.43. The molecule has 1 aliphatic carbocycles. The van der Waals surface area contributed by atoms with Crippen LogP contribution in [0.3, 0.4) is 0 Å².